The van der Waals surface area contributed by atoms with Crippen LogP contribution in [0.1, 0.15) is 6.42 Å². The van der Waals surface area contributed by atoms with Crippen LogP contribution in [-0.2, 0) is 10.0 Å². The summed E-state index contributed by atoms with van der Waals surface area (Å²) in [4.78, 5) is 0. The number of rotatable bonds is 7. The van der Waals surface area contributed by atoms with Gasteiger partial charge in [0.25, 0.3) is 0 Å². The molecule has 120 valence electrons. The first kappa shape index (κ1) is 17.6. The van der Waals surface area contributed by atoms with Crippen molar-refractivity contribution in [1.29, 1.82) is 0 Å². The normalized spacial score (nSPS) is 12.6. The molecule has 21 heavy (non-hydrogen) atoms. The van der Waals surface area contributed by atoms with Crippen molar-refractivity contribution >= 4 is 15.7 Å². The van der Waals surface area contributed by atoms with Crippen molar-refractivity contribution in [3.8, 4) is 5.75 Å². The molecular formula is C12H17F3N2O3S. The summed E-state index contributed by atoms with van der Waals surface area (Å²) in [6.07, 6.45) is -5.56. The molecule has 0 amide bonds. The fourth-order valence-electron chi connectivity index (χ4n) is 1.41. The van der Waals surface area contributed by atoms with Gasteiger partial charge in [-0.1, -0.05) is 0 Å². The Morgan fingerprint density at radius 1 is 1.24 bits per heavy atom. The van der Waals surface area contributed by atoms with Gasteiger partial charge < -0.3 is 10.5 Å². The molecule has 0 aliphatic carbocycles. The highest BCUT2D eigenvalue weighted by atomic mass is 32.2. The molecule has 9 heteroatoms. The van der Waals surface area contributed by atoms with E-state index in [1.165, 1.54) is 0 Å². The number of sulfonamides is 1. The van der Waals surface area contributed by atoms with E-state index in [1.807, 2.05) is 0 Å². The summed E-state index contributed by atoms with van der Waals surface area (Å²) < 4.78 is 65.6. The quantitative estimate of drug-likeness (QED) is 0.776. The molecule has 0 saturated heterocycles. The Bertz CT molecular complexity index is 544. The first-order valence-corrected chi connectivity index (χ1v) is 7.70. The third-order valence-corrected chi connectivity index (χ3v) is 4.49. The second kappa shape index (κ2) is 6.99. The number of alkyl halides is 3. The zero-order valence-electron chi connectivity index (χ0n) is 11.4. The summed E-state index contributed by atoms with van der Waals surface area (Å²) in [5.74, 6) is 0.0449. The van der Waals surface area contributed by atoms with Gasteiger partial charge in [-0.05, 0) is 24.3 Å². The van der Waals surface area contributed by atoms with Crippen LogP contribution in [0.25, 0.3) is 0 Å². The number of benzene rings is 1. The Kier molecular flexibility index (Phi) is 5.85. The highest BCUT2D eigenvalue weighted by Gasteiger charge is 2.29. The van der Waals surface area contributed by atoms with Crippen LogP contribution in [-0.4, -0.2) is 44.9 Å². The first-order valence-electron chi connectivity index (χ1n) is 6.09. The maximum Gasteiger partial charge on any atom is 0.390 e. The standard InChI is InChI=1S/C12H17F3N2O3S/c1-17(7-6-12(13,14)15)21(18,19)9-8-20-11-4-2-10(16)3-5-11/h2-5H,6-9,16H2,1H3. The lowest BCUT2D eigenvalue weighted by Gasteiger charge is -2.18. The third-order valence-electron chi connectivity index (χ3n) is 2.68. The molecule has 0 atom stereocenters. The van der Waals surface area contributed by atoms with Crippen LogP contribution >= 0.6 is 0 Å². The van der Waals surface area contributed by atoms with Crippen LogP contribution in [0, 0.1) is 0 Å². The maximum atomic E-state index is 12.1. The van der Waals surface area contributed by atoms with Crippen molar-refractivity contribution < 1.29 is 26.3 Å². The van der Waals surface area contributed by atoms with Gasteiger partial charge in [0.05, 0.1) is 12.2 Å². The third kappa shape index (κ3) is 6.67. The predicted octanol–water partition coefficient (Wildman–Crippen LogP) is 1.86. The monoisotopic (exact) mass is 326 g/mol. The van der Waals surface area contributed by atoms with Crippen LogP contribution in [0.15, 0.2) is 24.3 Å². The number of nitrogens with zero attached hydrogens (tertiary/aromatic N) is 1. The van der Waals surface area contributed by atoms with Crippen molar-refractivity contribution in [2.75, 3.05) is 31.7 Å². The fraction of sp³-hybridized carbons (Fsp3) is 0.500. The maximum absolute atomic E-state index is 12.1. The lowest BCUT2D eigenvalue weighted by Crippen LogP contribution is -2.34. The van der Waals surface area contributed by atoms with Gasteiger partial charge in [0.1, 0.15) is 12.4 Å². The number of anilines is 1. The molecule has 2 N–H and O–H groups in total. The van der Waals surface area contributed by atoms with E-state index in [-0.39, 0.29) is 6.61 Å². The van der Waals surface area contributed by atoms with Gasteiger partial charge in [0.2, 0.25) is 10.0 Å². The van der Waals surface area contributed by atoms with Crippen molar-refractivity contribution in [2.24, 2.45) is 0 Å². The van der Waals surface area contributed by atoms with Gasteiger partial charge in [-0.3, -0.25) is 0 Å². The minimum Gasteiger partial charge on any atom is -0.492 e. The van der Waals surface area contributed by atoms with Gasteiger partial charge in [-0.25, -0.2) is 12.7 Å². The van der Waals surface area contributed by atoms with Crippen LogP contribution < -0.4 is 10.5 Å². The Morgan fingerprint density at radius 3 is 2.33 bits per heavy atom. The first-order chi connectivity index (χ1) is 9.60. The number of nitrogen functional groups attached to an aromatic ring is 1. The van der Waals surface area contributed by atoms with E-state index in [0.717, 1.165) is 7.05 Å². The lowest BCUT2D eigenvalue weighted by atomic mass is 10.3. The van der Waals surface area contributed by atoms with Gasteiger partial charge in [0.15, 0.2) is 0 Å². The summed E-state index contributed by atoms with van der Waals surface area (Å²) in [5.41, 5.74) is 6.03. The largest absolute Gasteiger partial charge is 0.492 e. The van der Waals surface area contributed by atoms with E-state index in [9.17, 15) is 21.6 Å². The van der Waals surface area contributed by atoms with Gasteiger partial charge in [0, 0.05) is 19.3 Å². The number of hydrogen-bond donors (Lipinski definition) is 1. The zero-order valence-corrected chi connectivity index (χ0v) is 12.2. The summed E-state index contributed by atoms with van der Waals surface area (Å²) in [5, 5.41) is 0. The van der Waals surface area contributed by atoms with E-state index >= 15 is 0 Å². The van der Waals surface area contributed by atoms with Gasteiger partial charge in [-0.2, -0.15) is 13.2 Å². The molecule has 0 unspecified atom stereocenters. The minimum absolute atomic E-state index is 0.150. The smallest absolute Gasteiger partial charge is 0.390 e. The molecule has 5 nitrogen and oxygen atoms in total. The Hall–Kier alpha value is -1.48. The average Bonchev–Trinajstić information content (AvgIpc) is 2.37. The topological polar surface area (TPSA) is 72.6 Å². The molecule has 1 aromatic carbocycles. The SMILES string of the molecule is CN(CCC(F)(F)F)S(=O)(=O)CCOc1ccc(N)cc1. The molecule has 0 radical (unpaired) electrons. The van der Waals surface area contributed by atoms with Crippen molar-refractivity contribution in [3.05, 3.63) is 24.3 Å². The molecule has 0 aliphatic heterocycles. The second-order valence-corrected chi connectivity index (χ2v) is 6.62. The molecular weight excluding hydrogens is 309 g/mol. The minimum atomic E-state index is -4.38. The highest BCUT2D eigenvalue weighted by molar-refractivity contribution is 7.89. The Balaban J connectivity index is 2.43. The van der Waals surface area contributed by atoms with Gasteiger partial charge >= 0.3 is 6.18 Å². The number of hydrogen-bond acceptors (Lipinski definition) is 4. The average molecular weight is 326 g/mol. The summed E-state index contributed by atoms with van der Waals surface area (Å²) in [6.45, 7) is -0.754. The fourth-order valence-corrected chi connectivity index (χ4v) is 2.38. The predicted molar refractivity (Wildman–Crippen MR) is 73.4 cm³/mol. The van der Waals surface area contributed by atoms with Crippen molar-refractivity contribution in [2.45, 2.75) is 12.6 Å². The van der Waals surface area contributed by atoms with E-state index in [4.69, 9.17) is 10.5 Å². The molecule has 0 fully saturated rings. The molecule has 0 aliphatic rings. The van der Waals surface area contributed by atoms with Crippen molar-refractivity contribution in [3.63, 3.8) is 0 Å². The molecule has 0 aromatic heterocycles. The van der Waals surface area contributed by atoms with Crippen LogP contribution in [0.3, 0.4) is 0 Å². The summed E-state index contributed by atoms with van der Waals surface area (Å²) in [7, 11) is -2.66. The Morgan fingerprint density at radius 2 is 1.81 bits per heavy atom. The molecule has 0 bridgehead atoms. The van der Waals surface area contributed by atoms with Gasteiger partial charge in [-0.15, -0.1) is 0 Å². The van der Waals surface area contributed by atoms with Crippen molar-refractivity contribution in [1.82, 2.24) is 4.31 Å². The second-order valence-electron chi connectivity index (χ2n) is 4.42. The van der Waals surface area contributed by atoms with E-state index in [1.54, 1.807) is 24.3 Å². The molecule has 0 heterocycles. The number of nitrogens with two attached hydrogens (primary N) is 1. The molecule has 1 aromatic rings. The van der Waals surface area contributed by atoms with Crippen LogP contribution in [0.2, 0.25) is 0 Å². The Labute approximate surface area is 121 Å². The molecule has 1 rings (SSSR count). The van der Waals surface area contributed by atoms with E-state index in [0.29, 0.717) is 15.7 Å². The summed E-state index contributed by atoms with van der Waals surface area (Å²) in [6, 6.07) is 6.35. The molecule has 0 spiro atoms. The lowest BCUT2D eigenvalue weighted by molar-refractivity contribution is -0.135. The van der Waals surface area contributed by atoms with E-state index < -0.39 is 34.9 Å². The zero-order chi connectivity index (χ0) is 16.1. The number of halogens is 3. The molecule has 0 saturated carbocycles. The highest BCUT2D eigenvalue weighted by Crippen LogP contribution is 2.20. The summed E-state index contributed by atoms with van der Waals surface area (Å²) >= 11 is 0. The van der Waals surface area contributed by atoms with Crippen LogP contribution in [0.5, 0.6) is 5.75 Å². The van der Waals surface area contributed by atoms with Crippen LogP contribution in [0.4, 0.5) is 18.9 Å². The van der Waals surface area contributed by atoms with E-state index in [2.05, 4.69) is 0 Å². The number of ether oxygens (including phenoxy) is 1.